The van der Waals surface area contributed by atoms with Crippen molar-refractivity contribution in [3.8, 4) is 11.5 Å². The van der Waals surface area contributed by atoms with Crippen LogP contribution in [0.25, 0.3) is 0 Å². The van der Waals surface area contributed by atoms with Gasteiger partial charge >= 0.3 is 0 Å². The number of benzene rings is 1. The first-order valence-corrected chi connectivity index (χ1v) is 12.1. The average molecular weight is 459 g/mol. The highest BCUT2D eigenvalue weighted by atomic mass is 35.5. The SMILES string of the molecule is CCCCCCOc1c(CC)c(C(=O)Cl)c(OCCCCCC)c(CC)c1C(=O)Cl. The lowest BCUT2D eigenvalue weighted by molar-refractivity contribution is 0.106. The fraction of sp³-hybridized carbons (Fsp3) is 0.667. The Balaban J connectivity index is 3.41. The molecule has 0 bridgehead atoms. The third kappa shape index (κ3) is 7.46. The first-order chi connectivity index (χ1) is 14.4. The van der Waals surface area contributed by atoms with E-state index in [0.29, 0.717) is 59.8 Å². The normalized spacial score (nSPS) is 10.9. The van der Waals surface area contributed by atoms with Gasteiger partial charge in [0.2, 0.25) is 0 Å². The van der Waals surface area contributed by atoms with Gasteiger partial charge in [0.15, 0.2) is 0 Å². The van der Waals surface area contributed by atoms with Crippen LogP contribution in [-0.2, 0) is 12.8 Å². The minimum Gasteiger partial charge on any atom is -0.492 e. The van der Waals surface area contributed by atoms with E-state index in [-0.39, 0.29) is 0 Å². The molecule has 0 spiro atoms. The van der Waals surface area contributed by atoms with Crippen LogP contribution in [0.15, 0.2) is 0 Å². The molecule has 0 aliphatic carbocycles. The molecule has 0 N–H and O–H groups in total. The highest BCUT2D eigenvalue weighted by Gasteiger charge is 2.30. The molecule has 170 valence electrons. The molecule has 0 aliphatic heterocycles. The van der Waals surface area contributed by atoms with Crippen LogP contribution < -0.4 is 9.47 Å². The molecule has 0 aromatic heterocycles. The zero-order chi connectivity index (χ0) is 22.5. The van der Waals surface area contributed by atoms with Crippen molar-refractivity contribution in [3.63, 3.8) is 0 Å². The van der Waals surface area contributed by atoms with Crippen molar-refractivity contribution in [3.05, 3.63) is 22.3 Å². The molecular weight excluding hydrogens is 423 g/mol. The molecule has 0 saturated carbocycles. The zero-order valence-electron chi connectivity index (χ0n) is 18.9. The van der Waals surface area contributed by atoms with Gasteiger partial charge in [-0.3, -0.25) is 9.59 Å². The number of unbranched alkanes of at least 4 members (excludes halogenated alkanes) is 6. The summed E-state index contributed by atoms with van der Waals surface area (Å²) in [6.07, 6.45) is 9.29. The highest BCUT2D eigenvalue weighted by molar-refractivity contribution is 6.69. The van der Waals surface area contributed by atoms with Gasteiger partial charge in [-0.2, -0.15) is 0 Å². The molecule has 1 rings (SSSR count). The third-order valence-electron chi connectivity index (χ3n) is 5.19. The lowest BCUT2D eigenvalue weighted by atomic mass is 9.93. The minimum absolute atomic E-state index is 0.303. The van der Waals surface area contributed by atoms with Gasteiger partial charge in [-0.15, -0.1) is 0 Å². The van der Waals surface area contributed by atoms with Gasteiger partial charge in [-0.1, -0.05) is 66.2 Å². The maximum Gasteiger partial charge on any atom is 0.256 e. The summed E-state index contributed by atoms with van der Waals surface area (Å²) in [5, 5.41) is -1.20. The number of rotatable bonds is 16. The lowest BCUT2D eigenvalue weighted by Crippen LogP contribution is -2.15. The molecule has 0 fully saturated rings. The standard InChI is InChI=1S/C24H36Cl2O4/c1-5-9-11-13-15-29-21-17(7-3)20(24(26)28)22(30-16-14-12-10-6-2)18(8-4)19(21)23(25)27/h5-16H2,1-4H3. The summed E-state index contributed by atoms with van der Waals surface area (Å²) >= 11 is 12.0. The summed E-state index contributed by atoms with van der Waals surface area (Å²) in [6, 6.07) is 0. The third-order valence-corrected chi connectivity index (χ3v) is 5.57. The maximum atomic E-state index is 12.4. The van der Waals surface area contributed by atoms with E-state index in [9.17, 15) is 9.59 Å². The molecule has 0 atom stereocenters. The molecule has 4 nitrogen and oxygen atoms in total. The van der Waals surface area contributed by atoms with Gasteiger partial charge in [0.1, 0.15) is 11.5 Å². The fourth-order valence-corrected chi connectivity index (χ4v) is 4.02. The molecule has 0 amide bonds. The van der Waals surface area contributed by atoms with E-state index >= 15 is 0 Å². The van der Waals surface area contributed by atoms with Crippen LogP contribution in [0.3, 0.4) is 0 Å². The summed E-state index contributed by atoms with van der Waals surface area (Å²) in [7, 11) is 0. The lowest BCUT2D eigenvalue weighted by Gasteiger charge is -2.23. The monoisotopic (exact) mass is 458 g/mol. The van der Waals surface area contributed by atoms with Gasteiger partial charge in [-0.25, -0.2) is 0 Å². The Labute approximate surface area is 191 Å². The highest BCUT2D eigenvalue weighted by Crippen LogP contribution is 2.41. The zero-order valence-corrected chi connectivity index (χ0v) is 20.4. The van der Waals surface area contributed by atoms with E-state index in [0.717, 1.165) is 51.4 Å². The van der Waals surface area contributed by atoms with Crippen LogP contribution in [0.5, 0.6) is 11.5 Å². The van der Waals surface area contributed by atoms with Gasteiger partial charge in [0, 0.05) is 11.1 Å². The number of carbonyl (C=O) groups is 2. The number of ether oxygens (including phenoxy) is 2. The van der Waals surface area contributed by atoms with E-state index in [1.54, 1.807) is 0 Å². The molecule has 0 unspecified atom stereocenters. The largest absolute Gasteiger partial charge is 0.492 e. The molecule has 30 heavy (non-hydrogen) atoms. The second-order valence-corrected chi connectivity index (χ2v) is 8.12. The van der Waals surface area contributed by atoms with Crippen molar-refractivity contribution in [1.82, 2.24) is 0 Å². The average Bonchev–Trinajstić information content (AvgIpc) is 2.72. The van der Waals surface area contributed by atoms with Crippen molar-refractivity contribution in [2.75, 3.05) is 13.2 Å². The molecule has 1 aromatic rings. The first kappa shape index (κ1) is 26.8. The second kappa shape index (κ2) is 14.7. The first-order valence-electron chi connectivity index (χ1n) is 11.3. The van der Waals surface area contributed by atoms with Crippen LogP contribution >= 0.6 is 23.2 Å². The molecule has 1 aromatic carbocycles. The van der Waals surface area contributed by atoms with Crippen LogP contribution in [0.4, 0.5) is 0 Å². The Hall–Kier alpha value is -1.26. The Bertz CT molecular complexity index is 641. The van der Waals surface area contributed by atoms with E-state index in [1.165, 1.54) is 0 Å². The Morgan fingerprint density at radius 2 is 1.00 bits per heavy atom. The Kier molecular flexibility index (Phi) is 13.1. The van der Waals surface area contributed by atoms with Crippen molar-refractivity contribution >= 4 is 33.7 Å². The van der Waals surface area contributed by atoms with E-state index < -0.39 is 10.5 Å². The number of hydrogen-bond acceptors (Lipinski definition) is 4. The molecule has 0 aliphatic rings. The molecule has 6 heteroatoms. The quantitative estimate of drug-likeness (QED) is 0.190. The van der Waals surface area contributed by atoms with E-state index in [2.05, 4.69) is 13.8 Å². The van der Waals surface area contributed by atoms with Crippen LogP contribution in [0.2, 0.25) is 0 Å². The topological polar surface area (TPSA) is 52.6 Å². The summed E-state index contributed by atoms with van der Waals surface area (Å²) in [4.78, 5) is 24.8. The van der Waals surface area contributed by atoms with Gasteiger partial charge in [0.05, 0.1) is 24.3 Å². The van der Waals surface area contributed by atoms with Crippen LogP contribution in [0.1, 0.15) is 111 Å². The van der Waals surface area contributed by atoms with Crippen LogP contribution in [-0.4, -0.2) is 23.7 Å². The summed E-state index contributed by atoms with van der Waals surface area (Å²) in [5.41, 5.74) is 1.79. The molecule has 0 saturated heterocycles. The molecular formula is C24H36Cl2O4. The van der Waals surface area contributed by atoms with Crippen molar-refractivity contribution < 1.29 is 19.1 Å². The summed E-state index contributed by atoms with van der Waals surface area (Å²) < 4.78 is 12.1. The van der Waals surface area contributed by atoms with E-state index in [4.69, 9.17) is 32.7 Å². The minimum atomic E-state index is -0.602. The molecule has 0 heterocycles. The smallest absolute Gasteiger partial charge is 0.256 e. The number of halogens is 2. The Morgan fingerprint density at radius 3 is 1.27 bits per heavy atom. The van der Waals surface area contributed by atoms with Crippen molar-refractivity contribution in [2.45, 2.75) is 91.9 Å². The summed E-state index contributed by atoms with van der Waals surface area (Å²) in [5.74, 6) is 0.765. The summed E-state index contributed by atoms with van der Waals surface area (Å²) in [6.45, 7) is 9.02. The van der Waals surface area contributed by atoms with Gasteiger partial charge in [0.25, 0.3) is 10.5 Å². The predicted octanol–water partition coefficient (Wildman–Crippen LogP) is 7.49. The Morgan fingerprint density at radius 1 is 0.633 bits per heavy atom. The second-order valence-electron chi connectivity index (χ2n) is 7.44. The van der Waals surface area contributed by atoms with Gasteiger partial charge in [-0.05, 0) is 48.9 Å². The van der Waals surface area contributed by atoms with Crippen molar-refractivity contribution in [1.29, 1.82) is 0 Å². The van der Waals surface area contributed by atoms with Crippen LogP contribution in [0, 0.1) is 0 Å². The van der Waals surface area contributed by atoms with Crippen molar-refractivity contribution in [2.24, 2.45) is 0 Å². The fourth-order valence-electron chi connectivity index (χ4n) is 3.62. The van der Waals surface area contributed by atoms with E-state index in [1.807, 2.05) is 13.8 Å². The van der Waals surface area contributed by atoms with Gasteiger partial charge < -0.3 is 9.47 Å². The predicted molar refractivity (Wildman–Crippen MR) is 125 cm³/mol. The number of carbonyl (C=O) groups excluding carboxylic acids is 2. The maximum absolute atomic E-state index is 12.4. The number of hydrogen-bond donors (Lipinski definition) is 0. The molecule has 0 radical (unpaired) electrons.